The summed E-state index contributed by atoms with van der Waals surface area (Å²) in [7, 11) is -1.52. The molecule has 0 unspecified atom stereocenters. The van der Waals surface area contributed by atoms with E-state index in [0.29, 0.717) is 5.46 Å². The van der Waals surface area contributed by atoms with E-state index in [1.807, 2.05) is 24.3 Å². The predicted molar refractivity (Wildman–Crippen MR) is 117 cm³/mol. The van der Waals surface area contributed by atoms with Gasteiger partial charge in [-0.05, 0) is 61.7 Å². The maximum absolute atomic E-state index is 10.0. The topological polar surface area (TPSA) is 40.5 Å². The summed E-state index contributed by atoms with van der Waals surface area (Å²) in [6, 6.07) is 27.0. The van der Waals surface area contributed by atoms with Gasteiger partial charge in [0, 0.05) is 5.41 Å². The van der Waals surface area contributed by atoms with Crippen LogP contribution >= 0.6 is 0 Å². The van der Waals surface area contributed by atoms with Crippen molar-refractivity contribution in [2.24, 2.45) is 0 Å². The second-order valence-corrected chi connectivity index (χ2v) is 8.09. The molecule has 0 atom stereocenters. The Balaban J connectivity index is 1.75. The van der Waals surface area contributed by atoms with Crippen molar-refractivity contribution in [1.29, 1.82) is 0 Å². The van der Waals surface area contributed by atoms with Gasteiger partial charge in [0.1, 0.15) is 0 Å². The fourth-order valence-corrected chi connectivity index (χ4v) is 4.59. The van der Waals surface area contributed by atoms with Gasteiger partial charge < -0.3 is 10.0 Å². The van der Waals surface area contributed by atoms with E-state index in [0.717, 1.165) is 21.9 Å². The Morgan fingerprint density at radius 3 is 2.04 bits per heavy atom. The summed E-state index contributed by atoms with van der Waals surface area (Å²) >= 11 is 0. The van der Waals surface area contributed by atoms with E-state index in [9.17, 15) is 10.0 Å². The van der Waals surface area contributed by atoms with E-state index in [1.54, 1.807) is 0 Å². The van der Waals surface area contributed by atoms with Crippen LogP contribution in [0.2, 0.25) is 0 Å². The highest BCUT2D eigenvalue weighted by molar-refractivity contribution is 6.61. The van der Waals surface area contributed by atoms with Crippen molar-refractivity contribution in [1.82, 2.24) is 0 Å². The molecule has 0 fully saturated rings. The van der Waals surface area contributed by atoms with Gasteiger partial charge >= 0.3 is 7.12 Å². The number of benzene rings is 4. The highest BCUT2D eigenvalue weighted by Gasteiger charge is 2.35. The van der Waals surface area contributed by atoms with Gasteiger partial charge in [0.05, 0.1) is 0 Å². The lowest BCUT2D eigenvalue weighted by Gasteiger charge is -2.22. The number of fused-ring (bicyclic) bond motifs is 4. The van der Waals surface area contributed by atoms with Gasteiger partial charge in [-0.3, -0.25) is 0 Å². The monoisotopic (exact) mass is 364 g/mol. The number of hydrogen-bond acceptors (Lipinski definition) is 2. The molecule has 3 heteroatoms. The van der Waals surface area contributed by atoms with Crippen LogP contribution in [0.1, 0.15) is 25.0 Å². The van der Waals surface area contributed by atoms with E-state index < -0.39 is 7.12 Å². The van der Waals surface area contributed by atoms with Gasteiger partial charge in [0.15, 0.2) is 0 Å². The van der Waals surface area contributed by atoms with E-state index in [-0.39, 0.29) is 5.41 Å². The molecule has 0 amide bonds. The van der Waals surface area contributed by atoms with Gasteiger partial charge in [-0.25, -0.2) is 0 Å². The lowest BCUT2D eigenvalue weighted by Crippen LogP contribution is -2.31. The summed E-state index contributed by atoms with van der Waals surface area (Å²) in [5.41, 5.74) is 7.48. The first kappa shape index (κ1) is 17.2. The average molecular weight is 364 g/mol. The fourth-order valence-electron chi connectivity index (χ4n) is 4.59. The summed E-state index contributed by atoms with van der Waals surface area (Å²) in [6.07, 6.45) is 0. The van der Waals surface area contributed by atoms with Crippen LogP contribution in [0, 0.1) is 0 Å². The minimum absolute atomic E-state index is 0.0865. The van der Waals surface area contributed by atoms with Crippen LogP contribution in [0.4, 0.5) is 0 Å². The summed E-state index contributed by atoms with van der Waals surface area (Å²) in [4.78, 5) is 0. The molecule has 28 heavy (non-hydrogen) atoms. The van der Waals surface area contributed by atoms with Crippen molar-refractivity contribution in [2.75, 3.05) is 0 Å². The Morgan fingerprint density at radius 1 is 0.643 bits per heavy atom. The van der Waals surface area contributed by atoms with Gasteiger partial charge in [-0.15, -0.1) is 0 Å². The highest BCUT2D eigenvalue weighted by atomic mass is 16.4. The molecule has 136 valence electrons. The second-order valence-electron chi connectivity index (χ2n) is 8.09. The molecule has 0 bridgehead atoms. The summed E-state index contributed by atoms with van der Waals surface area (Å²) in [5, 5.41) is 22.1. The summed E-state index contributed by atoms with van der Waals surface area (Å²) in [6.45, 7) is 4.51. The SMILES string of the molecule is CC1(C)c2ccccc2-c2ccc(-c3cc4ccccc4cc3B(O)O)cc21. The third-order valence-corrected chi connectivity index (χ3v) is 6.09. The Bertz CT molecular complexity index is 1220. The van der Waals surface area contributed by atoms with Crippen molar-refractivity contribution >= 4 is 23.4 Å². The fraction of sp³-hybridized carbons (Fsp3) is 0.120. The molecule has 2 N–H and O–H groups in total. The molecule has 0 saturated heterocycles. The van der Waals surface area contributed by atoms with Crippen LogP contribution in [0.25, 0.3) is 33.0 Å². The van der Waals surface area contributed by atoms with Crippen LogP contribution in [0.5, 0.6) is 0 Å². The summed E-state index contributed by atoms with van der Waals surface area (Å²) in [5.74, 6) is 0. The molecule has 0 radical (unpaired) electrons. The molecular weight excluding hydrogens is 343 g/mol. The van der Waals surface area contributed by atoms with E-state index in [4.69, 9.17) is 0 Å². The Morgan fingerprint density at radius 2 is 1.29 bits per heavy atom. The average Bonchev–Trinajstić information content (AvgIpc) is 2.94. The molecule has 0 aliphatic heterocycles. The van der Waals surface area contributed by atoms with Crippen molar-refractivity contribution in [3.05, 3.63) is 90.0 Å². The van der Waals surface area contributed by atoms with Crippen LogP contribution in [0.15, 0.2) is 78.9 Å². The lowest BCUT2D eigenvalue weighted by molar-refractivity contribution is 0.426. The molecule has 1 aliphatic carbocycles. The van der Waals surface area contributed by atoms with Crippen molar-refractivity contribution in [2.45, 2.75) is 19.3 Å². The van der Waals surface area contributed by atoms with E-state index in [2.05, 4.69) is 68.4 Å². The number of hydrogen-bond donors (Lipinski definition) is 2. The van der Waals surface area contributed by atoms with E-state index >= 15 is 0 Å². The van der Waals surface area contributed by atoms with Gasteiger partial charge in [-0.2, -0.15) is 0 Å². The quantitative estimate of drug-likeness (QED) is 0.515. The molecule has 4 aromatic rings. The number of rotatable bonds is 2. The molecule has 1 aliphatic rings. The molecule has 0 aromatic heterocycles. The Hall–Kier alpha value is -2.88. The Labute approximate surface area is 165 Å². The first-order valence-corrected chi connectivity index (χ1v) is 9.60. The largest absolute Gasteiger partial charge is 0.489 e. The summed E-state index contributed by atoms with van der Waals surface area (Å²) < 4.78 is 0. The minimum Gasteiger partial charge on any atom is -0.423 e. The third-order valence-electron chi connectivity index (χ3n) is 6.09. The zero-order valence-electron chi connectivity index (χ0n) is 16.0. The molecule has 4 aromatic carbocycles. The molecule has 0 spiro atoms. The molecule has 0 heterocycles. The second kappa shape index (κ2) is 6.06. The Kier molecular flexibility index (Phi) is 3.73. The smallest absolute Gasteiger partial charge is 0.423 e. The zero-order valence-corrected chi connectivity index (χ0v) is 16.0. The maximum atomic E-state index is 10.0. The van der Waals surface area contributed by atoms with Gasteiger partial charge in [0.25, 0.3) is 0 Å². The van der Waals surface area contributed by atoms with Crippen LogP contribution in [0.3, 0.4) is 0 Å². The lowest BCUT2D eigenvalue weighted by atomic mass is 9.73. The van der Waals surface area contributed by atoms with Crippen molar-refractivity contribution < 1.29 is 10.0 Å². The molecule has 2 nitrogen and oxygen atoms in total. The van der Waals surface area contributed by atoms with Crippen molar-refractivity contribution in [3.63, 3.8) is 0 Å². The maximum Gasteiger partial charge on any atom is 0.489 e. The molecule has 0 saturated carbocycles. The third kappa shape index (κ3) is 2.44. The predicted octanol–water partition coefficient (Wildman–Crippen LogP) is 4.49. The van der Waals surface area contributed by atoms with Crippen LogP contribution in [-0.2, 0) is 5.41 Å². The van der Waals surface area contributed by atoms with Crippen LogP contribution in [-0.4, -0.2) is 17.2 Å². The normalized spacial score (nSPS) is 14.0. The highest BCUT2D eigenvalue weighted by Crippen LogP contribution is 2.49. The van der Waals surface area contributed by atoms with Crippen molar-refractivity contribution in [3.8, 4) is 22.3 Å². The standard InChI is InChI=1S/C25H21BO2/c1-25(2)22-10-6-5-9-19(22)20-12-11-18(14-23(20)25)21-13-16-7-3-4-8-17(16)15-24(21)26(27)28/h3-15,27-28H,1-2H3. The molecular formula is C25H21BO2. The van der Waals surface area contributed by atoms with Gasteiger partial charge in [-0.1, -0.05) is 80.6 Å². The zero-order chi connectivity index (χ0) is 19.5. The molecule has 5 rings (SSSR count). The first-order valence-electron chi connectivity index (χ1n) is 9.60. The minimum atomic E-state index is -1.52. The van der Waals surface area contributed by atoms with Crippen LogP contribution < -0.4 is 5.46 Å². The van der Waals surface area contributed by atoms with E-state index in [1.165, 1.54) is 22.3 Å². The van der Waals surface area contributed by atoms with Gasteiger partial charge in [0.2, 0.25) is 0 Å². The first-order chi connectivity index (χ1) is 13.5.